The van der Waals surface area contributed by atoms with Gasteiger partial charge in [0.05, 0.1) is 23.7 Å². The predicted molar refractivity (Wildman–Crippen MR) is 106 cm³/mol. The molecule has 0 spiro atoms. The van der Waals surface area contributed by atoms with E-state index in [1.165, 1.54) is 5.69 Å². The highest BCUT2D eigenvalue weighted by molar-refractivity contribution is 5.82. The Balaban J connectivity index is 1.32. The monoisotopic (exact) mass is 377 g/mol. The molecule has 0 bridgehead atoms. The van der Waals surface area contributed by atoms with Gasteiger partial charge in [-0.05, 0) is 29.5 Å². The number of imidazole rings is 1. The fourth-order valence-electron chi connectivity index (χ4n) is 3.97. The number of carbonyl (C=O) groups excluding carboxylic acids is 1. The molecule has 2 aliphatic rings. The first kappa shape index (κ1) is 18.7. The van der Waals surface area contributed by atoms with Crippen LogP contribution >= 0.6 is 0 Å². The zero-order chi connectivity index (χ0) is 19.7. The van der Waals surface area contributed by atoms with E-state index in [-0.39, 0.29) is 11.3 Å². The molecule has 1 aromatic heterocycles. The largest absolute Gasteiger partial charge is 0.340 e. The van der Waals surface area contributed by atoms with Crippen LogP contribution in [-0.2, 0) is 17.9 Å². The maximum Gasteiger partial charge on any atom is 0.226 e. The van der Waals surface area contributed by atoms with E-state index in [9.17, 15) is 4.79 Å². The third kappa shape index (κ3) is 3.95. The highest BCUT2D eigenvalue weighted by atomic mass is 16.2. The average molecular weight is 377 g/mol. The molecule has 1 aliphatic carbocycles. The van der Waals surface area contributed by atoms with E-state index in [0.29, 0.717) is 11.5 Å². The van der Waals surface area contributed by atoms with Crippen molar-refractivity contribution >= 4 is 5.91 Å². The second-order valence-electron chi connectivity index (χ2n) is 8.67. The Morgan fingerprint density at radius 2 is 1.86 bits per heavy atom. The van der Waals surface area contributed by atoms with Crippen LogP contribution in [0.5, 0.6) is 0 Å². The molecule has 1 aromatic carbocycles. The number of hydrogen-bond donors (Lipinski definition) is 0. The molecule has 146 valence electrons. The summed E-state index contributed by atoms with van der Waals surface area (Å²) in [7, 11) is 0. The lowest BCUT2D eigenvalue weighted by Crippen LogP contribution is -2.49. The molecule has 1 aliphatic heterocycles. The predicted octanol–water partition coefficient (Wildman–Crippen LogP) is 2.49. The Morgan fingerprint density at radius 1 is 1.18 bits per heavy atom. The Kier molecular flexibility index (Phi) is 4.94. The van der Waals surface area contributed by atoms with Crippen LogP contribution in [-0.4, -0.2) is 51.4 Å². The quantitative estimate of drug-likeness (QED) is 0.803. The number of aromatic nitrogens is 2. The summed E-state index contributed by atoms with van der Waals surface area (Å²) < 4.78 is 2.16. The molecule has 6 nitrogen and oxygen atoms in total. The number of nitrogens with zero attached hydrogens (tertiary/aromatic N) is 5. The van der Waals surface area contributed by atoms with E-state index in [0.717, 1.165) is 51.3 Å². The van der Waals surface area contributed by atoms with Gasteiger partial charge < -0.3 is 9.47 Å². The number of hydrogen-bond acceptors (Lipinski definition) is 4. The molecule has 2 heterocycles. The normalized spacial score (nSPS) is 21.3. The maximum atomic E-state index is 12.6. The van der Waals surface area contributed by atoms with Crippen molar-refractivity contribution < 1.29 is 4.79 Å². The van der Waals surface area contributed by atoms with Crippen LogP contribution in [0, 0.1) is 22.7 Å². The summed E-state index contributed by atoms with van der Waals surface area (Å²) in [5, 5.41) is 8.93. The summed E-state index contributed by atoms with van der Waals surface area (Å²) in [4.78, 5) is 21.3. The lowest BCUT2D eigenvalue weighted by atomic mass is 10.1. The number of piperazine rings is 1. The molecule has 1 saturated carbocycles. The van der Waals surface area contributed by atoms with Crippen molar-refractivity contribution in [2.24, 2.45) is 11.3 Å². The molecule has 1 saturated heterocycles. The Morgan fingerprint density at radius 3 is 2.46 bits per heavy atom. The van der Waals surface area contributed by atoms with Gasteiger partial charge in [-0.15, -0.1) is 0 Å². The van der Waals surface area contributed by atoms with Crippen LogP contribution in [0.25, 0.3) is 0 Å². The van der Waals surface area contributed by atoms with Gasteiger partial charge in [0.1, 0.15) is 0 Å². The van der Waals surface area contributed by atoms with E-state index in [2.05, 4.69) is 34.4 Å². The van der Waals surface area contributed by atoms with Gasteiger partial charge in [0.15, 0.2) is 0 Å². The summed E-state index contributed by atoms with van der Waals surface area (Å²) in [5.41, 5.74) is 3.20. The van der Waals surface area contributed by atoms with Crippen molar-refractivity contribution in [2.75, 3.05) is 26.2 Å². The van der Waals surface area contributed by atoms with Gasteiger partial charge in [0.2, 0.25) is 5.91 Å². The molecule has 2 fully saturated rings. The molecular weight excluding hydrogens is 350 g/mol. The Hall–Kier alpha value is -2.65. The van der Waals surface area contributed by atoms with Gasteiger partial charge in [-0.3, -0.25) is 9.69 Å². The summed E-state index contributed by atoms with van der Waals surface area (Å²) in [6.07, 6.45) is 4.82. The van der Waals surface area contributed by atoms with E-state index in [1.807, 2.05) is 41.7 Å². The molecule has 0 N–H and O–H groups in total. The van der Waals surface area contributed by atoms with Crippen molar-refractivity contribution in [1.82, 2.24) is 19.4 Å². The maximum absolute atomic E-state index is 12.6. The van der Waals surface area contributed by atoms with Crippen LogP contribution in [0.4, 0.5) is 0 Å². The Bertz CT molecular complexity index is 884. The van der Waals surface area contributed by atoms with Crippen LogP contribution in [0.15, 0.2) is 36.8 Å². The first-order valence-corrected chi connectivity index (χ1v) is 9.95. The second kappa shape index (κ2) is 7.40. The standard InChI is InChI=1S/C22H27N5O/c1-22(2)11-20(22)21(28)26-9-7-25(8-10-26)15-19-13-24-16-27(19)14-18-5-3-17(12-23)4-6-18/h3-6,13,16,20H,7-11,14-15H2,1-2H3. The Labute approximate surface area is 166 Å². The van der Waals surface area contributed by atoms with Gasteiger partial charge in [-0.1, -0.05) is 26.0 Å². The molecule has 28 heavy (non-hydrogen) atoms. The summed E-state index contributed by atoms with van der Waals surface area (Å²) >= 11 is 0. The average Bonchev–Trinajstić information content (AvgIpc) is 3.13. The van der Waals surface area contributed by atoms with Gasteiger partial charge in [-0.2, -0.15) is 5.26 Å². The van der Waals surface area contributed by atoms with Crippen LogP contribution < -0.4 is 0 Å². The molecule has 2 aromatic rings. The van der Waals surface area contributed by atoms with Crippen molar-refractivity contribution in [2.45, 2.75) is 33.4 Å². The molecule has 1 atom stereocenters. The molecule has 0 radical (unpaired) electrons. The van der Waals surface area contributed by atoms with Crippen LogP contribution in [0.3, 0.4) is 0 Å². The topological polar surface area (TPSA) is 65.2 Å². The highest BCUT2D eigenvalue weighted by Crippen LogP contribution is 2.52. The summed E-state index contributed by atoms with van der Waals surface area (Å²) in [5.74, 6) is 0.573. The lowest BCUT2D eigenvalue weighted by molar-refractivity contribution is -0.135. The van der Waals surface area contributed by atoms with Crippen LogP contribution in [0.2, 0.25) is 0 Å². The van der Waals surface area contributed by atoms with Gasteiger partial charge in [-0.25, -0.2) is 4.98 Å². The summed E-state index contributed by atoms with van der Waals surface area (Å²) in [6.45, 7) is 9.39. The number of benzene rings is 1. The zero-order valence-corrected chi connectivity index (χ0v) is 16.6. The van der Waals surface area contributed by atoms with Gasteiger partial charge >= 0.3 is 0 Å². The van der Waals surface area contributed by atoms with Crippen molar-refractivity contribution in [3.05, 3.63) is 53.6 Å². The highest BCUT2D eigenvalue weighted by Gasteiger charge is 2.52. The third-order valence-corrected chi connectivity index (χ3v) is 6.12. The summed E-state index contributed by atoms with van der Waals surface area (Å²) in [6, 6.07) is 9.84. The van der Waals surface area contributed by atoms with Crippen molar-refractivity contribution in [1.29, 1.82) is 5.26 Å². The SMILES string of the molecule is CC1(C)CC1C(=O)N1CCN(Cc2cncn2Cc2ccc(C#N)cc2)CC1. The van der Waals surface area contributed by atoms with Gasteiger partial charge in [0, 0.05) is 51.4 Å². The first-order chi connectivity index (χ1) is 13.5. The first-order valence-electron chi connectivity index (χ1n) is 9.95. The van der Waals surface area contributed by atoms with E-state index in [4.69, 9.17) is 5.26 Å². The van der Waals surface area contributed by atoms with Crippen LogP contribution in [0.1, 0.15) is 37.1 Å². The fraction of sp³-hybridized carbons (Fsp3) is 0.500. The van der Waals surface area contributed by atoms with E-state index >= 15 is 0 Å². The molecule has 6 heteroatoms. The molecular formula is C22H27N5O. The lowest BCUT2D eigenvalue weighted by Gasteiger charge is -2.35. The number of amides is 1. The number of rotatable bonds is 5. The zero-order valence-electron chi connectivity index (χ0n) is 16.6. The second-order valence-corrected chi connectivity index (χ2v) is 8.67. The van der Waals surface area contributed by atoms with E-state index in [1.54, 1.807) is 0 Å². The minimum atomic E-state index is 0.201. The minimum Gasteiger partial charge on any atom is -0.340 e. The van der Waals surface area contributed by atoms with E-state index < -0.39 is 0 Å². The molecule has 1 amide bonds. The number of carbonyl (C=O) groups is 1. The smallest absolute Gasteiger partial charge is 0.226 e. The molecule has 1 unspecified atom stereocenters. The third-order valence-electron chi connectivity index (χ3n) is 6.12. The fourth-order valence-corrected chi connectivity index (χ4v) is 3.97. The van der Waals surface area contributed by atoms with Crippen molar-refractivity contribution in [3.8, 4) is 6.07 Å². The number of nitriles is 1. The minimum absolute atomic E-state index is 0.201. The van der Waals surface area contributed by atoms with Gasteiger partial charge in [0.25, 0.3) is 0 Å². The van der Waals surface area contributed by atoms with Crippen molar-refractivity contribution in [3.63, 3.8) is 0 Å². The molecule has 4 rings (SSSR count).